The van der Waals surface area contributed by atoms with Gasteiger partial charge in [0.2, 0.25) is 0 Å². The molecule has 1 amide bonds. The summed E-state index contributed by atoms with van der Waals surface area (Å²) < 4.78 is 24.5. The Morgan fingerprint density at radius 2 is 1.83 bits per heavy atom. The van der Waals surface area contributed by atoms with E-state index >= 15 is 0 Å². The smallest absolute Gasteiger partial charge is 0.410 e. The van der Waals surface area contributed by atoms with E-state index in [1.807, 2.05) is 20.8 Å². The third-order valence-electron chi connectivity index (χ3n) is 3.97. The van der Waals surface area contributed by atoms with Crippen molar-refractivity contribution in [3.8, 4) is 5.75 Å². The van der Waals surface area contributed by atoms with Crippen LogP contribution in [0.2, 0.25) is 0 Å². The SMILES string of the molecule is COc1cccc(C(=O)C2CCN(C(=O)OC(C)(C)C)CC2)c1F. The van der Waals surface area contributed by atoms with Gasteiger partial charge in [-0.2, -0.15) is 0 Å². The molecular weight excluding hydrogens is 313 g/mol. The van der Waals surface area contributed by atoms with Crippen molar-refractivity contribution in [3.05, 3.63) is 29.6 Å². The van der Waals surface area contributed by atoms with Crippen LogP contribution >= 0.6 is 0 Å². The number of hydrogen-bond donors (Lipinski definition) is 0. The van der Waals surface area contributed by atoms with Crippen LogP contribution in [0.1, 0.15) is 44.0 Å². The molecule has 0 atom stereocenters. The van der Waals surface area contributed by atoms with Gasteiger partial charge in [0.25, 0.3) is 0 Å². The number of carbonyl (C=O) groups is 2. The molecule has 1 aromatic rings. The van der Waals surface area contributed by atoms with Gasteiger partial charge in [0.15, 0.2) is 17.3 Å². The summed E-state index contributed by atoms with van der Waals surface area (Å²) in [5.74, 6) is -1.10. The number of amides is 1. The molecule has 1 saturated heterocycles. The molecule has 1 aliphatic heterocycles. The van der Waals surface area contributed by atoms with Crippen LogP contribution in [0.4, 0.5) is 9.18 Å². The summed E-state index contributed by atoms with van der Waals surface area (Å²) in [5, 5.41) is 0. The molecule has 1 aromatic carbocycles. The number of methoxy groups -OCH3 is 1. The molecular formula is C18H24FNO4. The van der Waals surface area contributed by atoms with E-state index in [2.05, 4.69) is 0 Å². The standard InChI is InChI=1S/C18H24FNO4/c1-18(2,3)24-17(22)20-10-8-12(9-11-20)16(21)13-6-5-7-14(23-4)15(13)19/h5-7,12H,8-11H2,1-4H3. The van der Waals surface area contributed by atoms with Gasteiger partial charge in [-0.3, -0.25) is 4.79 Å². The normalized spacial score (nSPS) is 16.0. The van der Waals surface area contributed by atoms with Crippen LogP contribution in [0.15, 0.2) is 18.2 Å². The van der Waals surface area contributed by atoms with Crippen LogP contribution < -0.4 is 4.74 Å². The molecule has 132 valence electrons. The van der Waals surface area contributed by atoms with Gasteiger partial charge >= 0.3 is 6.09 Å². The lowest BCUT2D eigenvalue weighted by Crippen LogP contribution is -2.43. The lowest BCUT2D eigenvalue weighted by molar-refractivity contribution is 0.0182. The van der Waals surface area contributed by atoms with E-state index in [1.165, 1.54) is 19.2 Å². The van der Waals surface area contributed by atoms with E-state index < -0.39 is 11.4 Å². The number of benzene rings is 1. The zero-order valence-electron chi connectivity index (χ0n) is 14.6. The zero-order chi connectivity index (χ0) is 17.9. The molecule has 0 radical (unpaired) electrons. The molecule has 5 nitrogen and oxygen atoms in total. The quantitative estimate of drug-likeness (QED) is 0.790. The minimum atomic E-state index is -0.625. The lowest BCUT2D eigenvalue weighted by Gasteiger charge is -2.33. The van der Waals surface area contributed by atoms with Crippen molar-refractivity contribution in [2.24, 2.45) is 5.92 Å². The summed E-state index contributed by atoms with van der Waals surface area (Å²) in [6, 6.07) is 4.56. The highest BCUT2D eigenvalue weighted by Crippen LogP contribution is 2.27. The first-order valence-electron chi connectivity index (χ1n) is 8.07. The summed E-state index contributed by atoms with van der Waals surface area (Å²) >= 11 is 0. The van der Waals surface area contributed by atoms with Crippen LogP contribution in [0.3, 0.4) is 0 Å². The maximum Gasteiger partial charge on any atom is 0.410 e. The Hall–Kier alpha value is -2.11. The second-order valence-electron chi connectivity index (χ2n) is 6.93. The van der Waals surface area contributed by atoms with Crippen molar-refractivity contribution < 1.29 is 23.5 Å². The molecule has 0 aromatic heterocycles. The van der Waals surface area contributed by atoms with Gasteiger partial charge in [-0.05, 0) is 45.7 Å². The molecule has 0 N–H and O–H groups in total. The Morgan fingerprint density at radius 3 is 2.38 bits per heavy atom. The summed E-state index contributed by atoms with van der Waals surface area (Å²) in [7, 11) is 1.37. The van der Waals surface area contributed by atoms with E-state index in [-0.39, 0.29) is 29.1 Å². The average Bonchev–Trinajstić information content (AvgIpc) is 2.53. The second-order valence-corrected chi connectivity index (χ2v) is 6.93. The van der Waals surface area contributed by atoms with Gasteiger partial charge in [0.05, 0.1) is 12.7 Å². The Labute approximate surface area is 141 Å². The monoisotopic (exact) mass is 337 g/mol. The second kappa shape index (κ2) is 7.20. The molecule has 0 bridgehead atoms. The largest absolute Gasteiger partial charge is 0.494 e. The summed E-state index contributed by atoms with van der Waals surface area (Å²) in [6.07, 6.45) is 0.615. The highest BCUT2D eigenvalue weighted by atomic mass is 19.1. The number of rotatable bonds is 3. The predicted molar refractivity (Wildman–Crippen MR) is 87.8 cm³/mol. The van der Waals surface area contributed by atoms with Gasteiger partial charge in [-0.25, -0.2) is 9.18 Å². The topological polar surface area (TPSA) is 55.8 Å². The Kier molecular flexibility index (Phi) is 5.47. The number of hydrogen-bond acceptors (Lipinski definition) is 4. The first-order chi connectivity index (χ1) is 11.2. The van der Waals surface area contributed by atoms with Crippen molar-refractivity contribution in [3.63, 3.8) is 0 Å². The molecule has 1 fully saturated rings. The lowest BCUT2D eigenvalue weighted by atomic mass is 9.88. The molecule has 1 aliphatic rings. The fraction of sp³-hybridized carbons (Fsp3) is 0.556. The van der Waals surface area contributed by atoms with E-state index in [4.69, 9.17) is 9.47 Å². The summed E-state index contributed by atoms with van der Waals surface area (Å²) in [5.41, 5.74) is -0.502. The molecule has 0 unspecified atom stereocenters. The molecule has 24 heavy (non-hydrogen) atoms. The van der Waals surface area contributed by atoms with Crippen LogP contribution in [-0.4, -0.2) is 42.6 Å². The molecule has 2 rings (SSSR count). The molecule has 0 spiro atoms. The number of Topliss-reactive ketones (excluding diaryl/α,β-unsaturated/α-hetero) is 1. The molecule has 0 aliphatic carbocycles. The van der Waals surface area contributed by atoms with Crippen LogP contribution in [-0.2, 0) is 4.74 Å². The van der Waals surface area contributed by atoms with Crippen molar-refractivity contribution >= 4 is 11.9 Å². The number of ether oxygens (including phenoxy) is 2. The van der Waals surface area contributed by atoms with Gasteiger partial charge in [-0.15, -0.1) is 0 Å². The van der Waals surface area contributed by atoms with Gasteiger partial charge in [0, 0.05) is 19.0 Å². The summed E-state index contributed by atoms with van der Waals surface area (Å²) in [6.45, 7) is 6.29. The number of carbonyl (C=O) groups excluding carboxylic acids is 2. The maximum absolute atomic E-state index is 14.2. The van der Waals surface area contributed by atoms with Crippen LogP contribution in [0.25, 0.3) is 0 Å². The van der Waals surface area contributed by atoms with Crippen LogP contribution in [0.5, 0.6) is 5.75 Å². The predicted octanol–water partition coefficient (Wildman–Crippen LogP) is 3.66. The molecule has 0 saturated carbocycles. The Balaban J connectivity index is 2.00. The Bertz CT molecular complexity index is 616. The van der Waals surface area contributed by atoms with E-state index in [1.54, 1.807) is 11.0 Å². The number of piperidine rings is 1. The number of ketones is 1. The maximum atomic E-state index is 14.2. The van der Waals surface area contributed by atoms with Gasteiger partial charge in [-0.1, -0.05) is 6.07 Å². The van der Waals surface area contributed by atoms with Crippen molar-refractivity contribution in [2.45, 2.75) is 39.2 Å². The summed E-state index contributed by atoms with van der Waals surface area (Å²) in [4.78, 5) is 26.2. The number of halogens is 1. The fourth-order valence-electron chi connectivity index (χ4n) is 2.73. The Morgan fingerprint density at radius 1 is 1.21 bits per heavy atom. The van der Waals surface area contributed by atoms with Crippen LogP contribution in [0, 0.1) is 11.7 Å². The number of nitrogens with zero attached hydrogens (tertiary/aromatic N) is 1. The minimum absolute atomic E-state index is 0.0464. The van der Waals surface area contributed by atoms with Crippen molar-refractivity contribution in [1.29, 1.82) is 0 Å². The molecule has 6 heteroatoms. The highest BCUT2D eigenvalue weighted by molar-refractivity contribution is 5.98. The van der Waals surface area contributed by atoms with E-state index in [9.17, 15) is 14.0 Å². The van der Waals surface area contributed by atoms with Gasteiger partial charge in [0.1, 0.15) is 5.60 Å². The first kappa shape index (κ1) is 18.2. The third kappa shape index (κ3) is 4.24. The molecule has 1 heterocycles. The number of likely N-dealkylation sites (tertiary alicyclic amines) is 1. The average molecular weight is 337 g/mol. The third-order valence-corrected chi connectivity index (χ3v) is 3.97. The van der Waals surface area contributed by atoms with Crippen molar-refractivity contribution in [1.82, 2.24) is 4.90 Å². The zero-order valence-corrected chi connectivity index (χ0v) is 14.6. The minimum Gasteiger partial charge on any atom is -0.494 e. The van der Waals surface area contributed by atoms with Crippen molar-refractivity contribution in [2.75, 3.05) is 20.2 Å². The highest BCUT2D eigenvalue weighted by Gasteiger charge is 2.31. The first-order valence-corrected chi connectivity index (χ1v) is 8.07. The van der Waals surface area contributed by atoms with E-state index in [0.29, 0.717) is 25.9 Å². The fourth-order valence-corrected chi connectivity index (χ4v) is 2.73. The van der Waals surface area contributed by atoms with Gasteiger partial charge < -0.3 is 14.4 Å². The van der Waals surface area contributed by atoms with E-state index in [0.717, 1.165) is 0 Å².